The molecule has 1 rings (SSSR count). The maximum atomic E-state index is 11.7. The molecule has 1 unspecified atom stereocenters. The van der Waals surface area contributed by atoms with Crippen molar-refractivity contribution >= 4 is 5.91 Å². The van der Waals surface area contributed by atoms with E-state index in [4.69, 9.17) is 5.73 Å². The van der Waals surface area contributed by atoms with Gasteiger partial charge in [0.1, 0.15) is 0 Å². The molecule has 1 atom stereocenters. The minimum absolute atomic E-state index is 0.136. The Bertz CT molecular complexity index is 271. The molecule has 0 spiro atoms. The van der Waals surface area contributed by atoms with Crippen LogP contribution in [-0.2, 0) is 4.79 Å². The summed E-state index contributed by atoms with van der Waals surface area (Å²) in [6, 6.07) is 0.615. The first-order chi connectivity index (χ1) is 8.28. The number of carbonyl (C=O) groups is 1. The summed E-state index contributed by atoms with van der Waals surface area (Å²) in [6.07, 6.45) is 2.46. The van der Waals surface area contributed by atoms with Crippen LogP contribution in [0.15, 0.2) is 0 Å². The summed E-state index contributed by atoms with van der Waals surface area (Å²) < 4.78 is 0. The Labute approximate surface area is 111 Å². The molecule has 0 saturated carbocycles. The van der Waals surface area contributed by atoms with E-state index < -0.39 is 0 Å². The number of amides is 1. The minimum atomic E-state index is -0.251. The Morgan fingerprint density at radius 1 is 1.50 bits per heavy atom. The van der Waals surface area contributed by atoms with Gasteiger partial charge >= 0.3 is 0 Å². The number of nitrogens with one attached hydrogen (secondary N) is 1. The second-order valence-corrected chi connectivity index (χ2v) is 6.54. The maximum absolute atomic E-state index is 11.7. The quantitative estimate of drug-likeness (QED) is 0.753. The fourth-order valence-corrected chi connectivity index (χ4v) is 2.28. The van der Waals surface area contributed by atoms with Crippen molar-refractivity contribution in [1.29, 1.82) is 0 Å². The van der Waals surface area contributed by atoms with E-state index in [1.54, 1.807) is 0 Å². The monoisotopic (exact) mass is 255 g/mol. The first-order valence-electron chi connectivity index (χ1n) is 7.07. The lowest BCUT2D eigenvalue weighted by Gasteiger charge is -2.20. The van der Waals surface area contributed by atoms with Crippen molar-refractivity contribution in [1.82, 2.24) is 10.2 Å². The molecule has 1 amide bonds. The SMILES string of the molecule is CC(C)N1CCC(CNC(=O)CCC(C)(C)N)C1. The van der Waals surface area contributed by atoms with Crippen molar-refractivity contribution < 1.29 is 4.79 Å². The highest BCUT2D eigenvalue weighted by Gasteiger charge is 2.24. The Hall–Kier alpha value is -0.610. The third kappa shape index (κ3) is 5.83. The number of carbonyl (C=O) groups excluding carboxylic acids is 1. The standard InChI is InChI=1S/C14H29N3O/c1-11(2)17-8-6-12(10-17)9-16-13(18)5-7-14(3,4)15/h11-12H,5-10,15H2,1-4H3,(H,16,18). The van der Waals surface area contributed by atoms with Gasteiger partial charge in [-0.25, -0.2) is 0 Å². The van der Waals surface area contributed by atoms with Gasteiger partial charge in [-0.05, 0) is 53.0 Å². The van der Waals surface area contributed by atoms with E-state index in [2.05, 4.69) is 24.1 Å². The molecule has 1 fully saturated rings. The average molecular weight is 255 g/mol. The van der Waals surface area contributed by atoms with Gasteiger partial charge < -0.3 is 16.0 Å². The van der Waals surface area contributed by atoms with Crippen LogP contribution in [0, 0.1) is 5.92 Å². The molecule has 1 aliphatic rings. The minimum Gasteiger partial charge on any atom is -0.356 e. The third-order valence-corrected chi connectivity index (χ3v) is 3.63. The predicted molar refractivity (Wildman–Crippen MR) is 75.3 cm³/mol. The molecular weight excluding hydrogens is 226 g/mol. The van der Waals surface area contributed by atoms with Crippen molar-refractivity contribution in [3.05, 3.63) is 0 Å². The molecule has 1 aliphatic heterocycles. The maximum Gasteiger partial charge on any atom is 0.220 e. The molecule has 18 heavy (non-hydrogen) atoms. The Kier molecular flexibility index (Phi) is 5.60. The lowest BCUT2D eigenvalue weighted by molar-refractivity contribution is -0.121. The summed E-state index contributed by atoms with van der Waals surface area (Å²) in [4.78, 5) is 14.2. The molecule has 1 heterocycles. The normalized spacial score (nSPS) is 21.6. The molecule has 1 saturated heterocycles. The molecule has 0 aromatic carbocycles. The van der Waals surface area contributed by atoms with E-state index >= 15 is 0 Å². The molecule has 4 heteroatoms. The zero-order chi connectivity index (χ0) is 13.8. The lowest BCUT2D eigenvalue weighted by atomic mass is 10.00. The number of nitrogens with zero attached hydrogens (tertiary/aromatic N) is 1. The van der Waals surface area contributed by atoms with Crippen LogP contribution in [0.3, 0.4) is 0 Å². The van der Waals surface area contributed by atoms with E-state index in [0.29, 0.717) is 18.4 Å². The number of likely N-dealkylation sites (tertiary alicyclic amines) is 1. The van der Waals surface area contributed by atoms with Crippen LogP contribution in [0.25, 0.3) is 0 Å². The highest BCUT2D eigenvalue weighted by molar-refractivity contribution is 5.75. The molecule has 3 N–H and O–H groups in total. The number of nitrogens with two attached hydrogens (primary N) is 1. The van der Waals surface area contributed by atoms with E-state index in [1.165, 1.54) is 6.42 Å². The largest absolute Gasteiger partial charge is 0.356 e. The zero-order valence-corrected chi connectivity index (χ0v) is 12.3. The van der Waals surface area contributed by atoms with Gasteiger partial charge in [-0.1, -0.05) is 0 Å². The van der Waals surface area contributed by atoms with Crippen molar-refractivity contribution in [2.24, 2.45) is 11.7 Å². The molecule has 0 aromatic rings. The molecule has 0 aromatic heterocycles. The Morgan fingerprint density at radius 2 is 2.17 bits per heavy atom. The van der Waals surface area contributed by atoms with Crippen LogP contribution in [0.1, 0.15) is 47.0 Å². The predicted octanol–water partition coefficient (Wildman–Crippen LogP) is 1.35. The van der Waals surface area contributed by atoms with Crippen molar-refractivity contribution in [3.8, 4) is 0 Å². The molecule has 0 radical (unpaired) electrons. The summed E-state index contributed by atoms with van der Waals surface area (Å²) in [5.41, 5.74) is 5.62. The zero-order valence-electron chi connectivity index (χ0n) is 12.3. The molecule has 0 bridgehead atoms. The second-order valence-electron chi connectivity index (χ2n) is 6.54. The van der Waals surface area contributed by atoms with Crippen molar-refractivity contribution in [2.75, 3.05) is 19.6 Å². The van der Waals surface area contributed by atoms with Gasteiger partial charge in [-0.15, -0.1) is 0 Å². The van der Waals surface area contributed by atoms with Gasteiger partial charge in [-0.3, -0.25) is 4.79 Å². The van der Waals surface area contributed by atoms with Gasteiger partial charge in [0.15, 0.2) is 0 Å². The third-order valence-electron chi connectivity index (χ3n) is 3.63. The summed E-state index contributed by atoms with van der Waals surface area (Å²) in [5.74, 6) is 0.749. The number of hydrogen-bond acceptors (Lipinski definition) is 3. The molecule has 4 nitrogen and oxygen atoms in total. The van der Waals surface area contributed by atoms with Crippen LogP contribution in [0.5, 0.6) is 0 Å². The van der Waals surface area contributed by atoms with Crippen LogP contribution in [0.4, 0.5) is 0 Å². The highest BCUT2D eigenvalue weighted by Crippen LogP contribution is 2.17. The lowest BCUT2D eigenvalue weighted by Crippen LogP contribution is -2.36. The van der Waals surface area contributed by atoms with E-state index in [0.717, 1.165) is 26.1 Å². The number of hydrogen-bond donors (Lipinski definition) is 2. The van der Waals surface area contributed by atoms with Gasteiger partial charge in [0, 0.05) is 31.1 Å². The molecule has 106 valence electrons. The van der Waals surface area contributed by atoms with Crippen LogP contribution in [-0.4, -0.2) is 42.0 Å². The summed E-state index contributed by atoms with van der Waals surface area (Å²) >= 11 is 0. The summed E-state index contributed by atoms with van der Waals surface area (Å²) in [7, 11) is 0. The Morgan fingerprint density at radius 3 is 2.67 bits per heavy atom. The van der Waals surface area contributed by atoms with E-state index in [1.807, 2.05) is 13.8 Å². The van der Waals surface area contributed by atoms with E-state index in [-0.39, 0.29) is 11.4 Å². The molecule has 0 aliphatic carbocycles. The molecular formula is C14H29N3O. The van der Waals surface area contributed by atoms with Crippen LogP contribution in [0.2, 0.25) is 0 Å². The fourth-order valence-electron chi connectivity index (χ4n) is 2.28. The first-order valence-corrected chi connectivity index (χ1v) is 7.07. The fraction of sp³-hybridized carbons (Fsp3) is 0.929. The van der Waals surface area contributed by atoms with E-state index in [9.17, 15) is 4.79 Å². The summed E-state index contributed by atoms with van der Waals surface area (Å²) in [5, 5.41) is 3.04. The van der Waals surface area contributed by atoms with Crippen molar-refractivity contribution in [3.63, 3.8) is 0 Å². The van der Waals surface area contributed by atoms with Crippen LogP contribution >= 0.6 is 0 Å². The topological polar surface area (TPSA) is 58.4 Å². The van der Waals surface area contributed by atoms with Gasteiger partial charge in [-0.2, -0.15) is 0 Å². The first kappa shape index (κ1) is 15.4. The van der Waals surface area contributed by atoms with Gasteiger partial charge in [0.25, 0.3) is 0 Å². The smallest absolute Gasteiger partial charge is 0.220 e. The van der Waals surface area contributed by atoms with Crippen LogP contribution < -0.4 is 11.1 Å². The summed E-state index contributed by atoms with van der Waals surface area (Å²) in [6.45, 7) is 11.4. The Balaban J connectivity index is 2.16. The second kappa shape index (κ2) is 6.53. The highest BCUT2D eigenvalue weighted by atomic mass is 16.1. The van der Waals surface area contributed by atoms with Crippen molar-refractivity contribution in [2.45, 2.75) is 58.5 Å². The number of rotatable bonds is 6. The van der Waals surface area contributed by atoms with Gasteiger partial charge in [0.2, 0.25) is 5.91 Å². The average Bonchev–Trinajstić information content (AvgIpc) is 2.71. The van der Waals surface area contributed by atoms with Gasteiger partial charge in [0.05, 0.1) is 0 Å².